The van der Waals surface area contributed by atoms with E-state index < -0.39 is 0 Å². The van der Waals surface area contributed by atoms with Crippen molar-refractivity contribution in [2.75, 3.05) is 26.2 Å². The van der Waals surface area contributed by atoms with E-state index in [4.69, 9.17) is 0 Å². The highest BCUT2D eigenvalue weighted by molar-refractivity contribution is 5.94. The zero-order valence-corrected chi connectivity index (χ0v) is 16.1. The van der Waals surface area contributed by atoms with Gasteiger partial charge in [0.05, 0.1) is 0 Å². The lowest BCUT2D eigenvalue weighted by molar-refractivity contribution is 0.0678. The maximum Gasteiger partial charge on any atom is 0.263 e. The number of pyridine rings is 1. The second-order valence-electron chi connectivity index (χ2n) is 8.51. The molecule has 2 bridgehead atoms. The van der Waals surface area contributed by atoms with Crippen LogP contribution in [-0.2, 0) is 13.1 Å². The van der Waals surface area contributed by atoms with E-state index in [1.54, 1.807) is 12.3 Å². The van der Waals surface area contributed by atoms with Crippen LogP contribution in [-0.4, -0.2) is 51.3 Å². The molecule has 2 saturated heterocycles. The van der Waals surface area contributed by atoms with Gasteiger partial charge in [-0.1, -0.05) is 0 Å². The van der Waals surface area contributed by atoms with Crippen LogP contribution >= 0.6 is 0 Å². The number of rotatable bonds is 3. The molecule has 0 spiro atoms. The Balaban J connectivity index is 1.30. The van der Waals surface area contributed by atoms with Crippen LogP contribution in [0.3, 0.4) is 0 Å². The van der Waals surface area contributed by atoms with Gasteiger partial charge in [-0.05, 0) is 55.8 Å². The van der Waals surface area contributed by atoms with Crippen LogP contribution in [0.15, 0.2) is 35.4 Å². The Hall–Kier alpha value is -2.41. The minimum Gasteiger partial charge on any atom is -0.338 e. The molecule has 0 aliphatic carbocycles. The maximum absolute atomic E-state index is 13.1. The molecule has 0 radical (unpaired) electrons. The van der Waals surface area contributed by atoms with Crippen molar-refractivity contribution in [1.29, 1.82) is 0 Å². The van der Waals surface area contributed by atoms with E-state index in [0.717, 1.165) is 51.1 Å². The standard InChI is InChI=1S/C21H27N5O2/c27-20(24-8-4-15(5-9-24)13-25-7-1-6-23-25)18-2-3-19-17-10-16(11-22-12-17)14-26(19)21(18)28/h1-3,6-7,15-17,22H,4-5,8-14H2/t16-,17+/m0/s1. The molecule has 3 aliphatic rings. The number of carbonyl (C=O) groups excluding carboxylic acids is 1. The van der Waals surface area contributed by atoms with Crippen molar-refractivity contribution < 1.29 is 4.79 Å². The van der Waals surface area contributed by atoms with Crippen molar-refractivity contribution in [3.05, 3.63) is 52.2 Å². The summed E-state index contributed by atoms with van der Waals surface area (Å²) in [5.74, 6) is 1.31. The average molecular weight is 381 g/mol. The number of nitrogens with one attached hydrogen (secondary N) is 1. The predicted molar refractivity (Wildman–Crippen MR) is 105 cm³/mol. The molecule has 0 unspecified atom stereocenters. The fraction of sp³-hybridized carbons (Fsp3) is 0.571. The van der Waals surface area contributed by atoms with Gasteiger partial charge >= 0.3 is 0 Å². The third-order valence-electron chi connectivity index (χ3n) is 6.65. The SMILES string of the molecule is O=C(c1ccc2n(c1=O)C[C@@H]1CNC[C@H]2C1)N1CCC(Cn2cccn2)CC1. The summed E-state index contributed by atoms with van der Waals surface area (Å²) in [6.07, 6.45) is 6.83. The summed E-state index contributed by atoms with van der Waals surface area (Å²) in [5.41, 5.74) is 1.32. The zero-order chi connectivity index (χ0) is 19.1. The van der Waals surface area contributed by atoms with Crippen molar-refractivity contribution in [1.82, 2.24) is 24.6 Å². The number of hydrogen-bond donors (Lipinski definition) is 1. The first kappa shape index (κ1) is 17.7. The van der Waals surface area contributed by atoms with Gasteiger partial charge in [-0.15, -0.1) is 0 Å². The van der Waals surface area contributed by atoms with Gasteiger partial charge in [0.15, 0.2) is 0 Å². The number of aromatic nitrogens is 3. The van der Waals surface area contributed by atoms with Crippen LogP contribution in [0.4, 0.5) is 0 Å². The Kier molecular flexibility index (Phi) is 4.55. The molecule has 3 aliphatic heterocycles. The van der Waals surface area contributed by atoms with E-state index in [2.05, 4.69) is 10.4 Å². The van der Waals surface area contributed by atoms with Gasteiger partial charge < -0.3 is 14.8 Å². The molecular weight excluding hydrogens is 354 g/mol. The third kappa shape index (κ3) is 3.17. The summed E-state index contributed by atoms with van der Waals surface area (Å²) >= 11 is 0. The molecule has 2 fully saturated rings. The van der Waals surface area contributed by atoms with E-state index in [1.807, 2.05) is 32.5 Å². The minimum absolute atomic E-state index is 0.0993. The van der Waals surface area contributed by atoms with Crippen LogP contribution in [0.1, 0.15) is 41.2 Å². The fourth-order valence-corrected chi connectivity index (χ4v) is 5.12. The van der Waals surface area contributed by atoms with Gasteiger partial charge in [0.1, 0.15) is 5.56 Å². The summed E-state index contributed by atoms with van der Waals surface area (Å²) in [7, 11) is 0. The second kappa shape index (κ2) is 7.20. The van der Waals surface area contributed by atoms with Crippen molar-refractivity contribution >= 4 is 5.91 Å². The van der Waals surface area contributed by atoms with Gasteiger partial charge in [0, 0.05) is 56.7 Å². The first-order chi connectivity index (χ1) is 13.7. The molecule has 7 nitrogen and oxygen atoms in total. The predicted octanol–water partition coefficient (Wildman–Crippen LogP) is 1.30. The summed E-state index contributed by atoms with van der Waals surface area (Å²) in [4.78, 5) is 28.0. The molecule has 28 heavy (non-hydrogen) atoms. The molecular formula is C21H27N5O2. The smallest absolute Gasteiger partial charge is 0.263 e. The van der Waals surface area contributed by atoms with Gasteiger partial charge in [-0.3, -0.25) is 14.3 Å². The molecule has 2 atom stereocenters. The average Bonchev–Trinajstić information content (AvgIpc) is 3.22. The number of carbonyl (C=O) groups is 1. The molecule has 7 heteroatoms. The van der Waals surface area contributed by atoms with Crippen molar-refractivity contribution in [3.63, 3.8) is 0 Å². The minimum atomic E-state index is -0.105. The molecule has 0 saturated carbocycles. The molecule has 1 N–H and O–H groups in total. The lowest BCUT2D eigenvalue weighted by atomic mass is 9.84. The number of likely N-dealkylation sites (tertiary alicyclic amines) is 1. The molecule has 1 amide bonds. The molecule has 0 aromatic carbocycles. The Labute approximate surface area is 164 Å². The monoisotopic (exact) mass is 381 g/mol. The zero-order valence-electron chi connectivity index (χ0n) is 16.1. The Morgan fingerprint density at radius 1 is 1.21 bits per heavy atom. The van der Waals surface area contributed by atoms with Gasteiger partial charge in [0.2, 0.25) is 0 Å². The summed E-state index contributed by atoms with van der Waals surface area (Å²) in [6.45, 7) is 4.93. The van der Waals surface area contributed by atoms with Crippen molar-refractivity contribution in [2.24, 2.45) is 11.8 Å². The normalized spacial score (nSPS) is 24.8. The number of piperidine rings is 2. The molecule has 5 rings (SSSR count). The lowest BCUT2D eigenvalue weighted by Crippen LogP contribution is -2.47. The highest BCUT2D eigenvalue weighted by Crippen LogP contribution is 2.32. The van der Waals surface area contributed by atoms with Crippen LogP contribution in [0.5, 0.6) is 0 Å². The van der Waals surface area contributed by atoms with Gasteiger partial charge in [-0.2, -0.15) is 5.10 Å². The summed E-state index contributed by atoms with van der Waals surface area (Å²) in [5, 5.41) is 7.74. The van der Waals surface area contributed by atoms with E-state index in [1.165, 1.54) is 0 Å². The van der Waals surface area contributed by atoms with E-state index in [9.17, 15) is 9.59 Å². The lowest BCUT2D eigenvalue weighted by Gasteiger charge is -2.38. The Morgan fingerprint density at radius 3 is 2.86 bits per heavy atom. The first-order valence-corrected chi connectivity index (χ1v) is 10.4. The maximum atomic E-state index is 13.1. The number of nitrogens with zero attached hydrogens (tertiary/aromatic N) is 4. The fourth-order valence-electron chi connectivity index (χ4n) is 5.12. The second-order valence-corrected chi connectivity index (χ2v) is 8.51. The van der Waals surface area contributed by atoms with Crippen LogP contribution in [0.25, 0.3) is 0 Å². The topological polar surface area (TPSA) is 72.2 Å². The van der Waals surface area contributed by atoms with Crippen molar-refractivity contribution in [3.8, 4) is 0 Å². The van der Waals surface area contributed by atoms with E-state index >= 15 is 0 Å². The van der Waals surface area contributed by atoms with Crippen LogP contribution in [0, 0.1) is 11.8 Å². The quantitative estimate of drug-likeness (QED) is 0.870. The van der Waals surface area contributed by atoms with E-state index in [0.29, 0.717) is 36.4 Å². The molecule has 2 aromatic rings. The van der Waals surface area contributed by atoms with Crippen LogP contribution < -0.4 is 10.9 Å². The molecule has 2 aromatic heterocycles. The Bertz CT molecular complexity index is 911. The van der Waals surface area contributed by atoms with E-state index in [-0.39, 0.29) is 11.5 Å². The molecule has 5 heterocycles. The summed E-state index contributed by atoms with van der Waals surface area (Å²) in [6, 6.07) is 5.71. The van der Waals surface area contributed by atoms with Crippen LogP contribution in [0.2, 0.25) is 0 Å². The third-order valence-corrected chi connectivity index (χ3v) is 6.65. The number of hydrogen-bond acceptors (Lipinski definition) is 4. The first-order valence-electron chi connectivity index (χ1n) is 10.4. The highest BCUT2D eigenvalue weighted by atomic mass is 16.2. The van der Waals surface area contributed by atoms with Gasteiger partial charge in [0.25, 0.3) is 11.5 Å². The Morgan fingerprint density at radius 2 is 2.07 bits per heavy atom. The van der Waals surface area contributed by atoms with Crippen molar-refractivity contribution in [2.45, 2.75) is 38.3 Å². The molecule has 148 valence electrons. The summed E-state index contributed by atoms with van der Waals surface area (Å²) < 4.78 is 3.83. The highest BCUT2D eigenvalue weighted by Gasteiger charge is 2.33. The largest absolute Gasteiger partial charge is 0.338 e. The number of fused-ring (bicyclic) bond motifs is 4. The number of amides is 1. The van der Waals surface area contributed by atoms with Gasteiger partial charge in [-0.25, -0.2) is 0 Å².